The van der Waals surface area contributed by atoms with Gasteiger partial charge in [0.2, 0.25) is 6.08 Å². The molecule has 0 amide bonds. The zero-order valence-electron chi connectivity index (χ0n) is 10.9. The summed E-state index contributed by atoms with van der Waals surface area (Å²) < 4.78 is 5.49. The van der Waals surface area contributed by atoms with Gasteiger partial charge >= 0.3 is 0 Å². The second kappa shape index (κ2) is 4.66. The van der Waals surface area contributed by atoms with Gasteiger partial charge in [-0.3, -0.25) is 0 Å². The molecule has 0 saturated heterocycles. The van der Waals surface area contributed by atoms with E-state index in [-0.39, 0.29) is 0 Å². The zero-order valence-corrected chi connectivity index (χ0v) is 11.7. The number of hydrogen-bond acceptors (Lipinski definition) is 3. The molecule has 0 unspecified atom stereocenters. The third-order valence-electron chi connectivity index (χ3n) is 4.27. The van der Waals surface area contributed by atoms with Crippen LogP contribution >= 0.6 is 11.6 Å². The van der Waals surface area contributed by atoms with Crippen LogP contribution in [-0.4, -0.2) is 13.2 Å². The number of rotatable bonds is 4. The first-order chi connectivity index (χ1) is 9.20. The van der Waals surface area contributed by atoms with Gasteiger partial charge in [-0.05, 0) is 55.7 Å². The van der Waals surface area contributed by atoms with Crippen molar-refractivity contribution >= 4 is 17.7 Å². The average Bonchev–Trinajstić information content (AvgIpc) is 3.16. The maximum Gasteiger partial charge on any atom is 0.235 e. The molecule has 2 aliphatic carbocycles. The van der Waals surface area contributed by atoms with E-state index in [0.717, 1.165) is 41.2 Å². The fourth-order valence-corrected chi connectivity index (χ4v) is 3.23. The Morgan fingerprint density at radius 2 is 2.16 bits per heavy atom. The monoisotopic (exact) mass is 277 g/mol. The van der Waals surface area contributed by atoms with Gasteiger partial charge in [-0.15, -0.1) is 0 Å². The Hall–Kier alpha value is -1.31. The number of aliphatic imine (C=N–C) groups is 1. The lowest BCUT2D eigenvalue weighted by molar-refractivity contribution is 0.255. The van der Waals surface area contributed by atoms with Crippen LogP contribution in [0, 0.1) is 0 Å². The predicted molar refractivity (Wildman–Crippen MR) is 73.6 cm³/mol. The van der Waals surface area contributed by atoms with E-state index in [9.17, 15) is 4.79 Å². The third kappa shape index (κ3) is 2.07. The Bertz CT molecular complexity index is 556. The summed E-state index contributed by atoms with van der Waals surface area (Å²) in [6.07, 6.45) is 6.89. The van der Waals surface area contributed by atoms with E-state index in [0.29, 0.717) is 5.92 Å². The van der Waals surface area contributed by atoms with Crippen molar-refractivity contribution in [3.05, 3.63) is 28.3 Å². The summed E-state index contributed by atoms with van der Waals surface area (Å²) in [7, 11) is 1.66. The smallest absolute Gasteiger partial charge is 0.235 e. The summed E-state index contributed by atoms with van der Waals surface area (Å²) >= 11 is 6.42. The Balaban J connectivity index is 2.07. The molecule has 0 radical (unpaired) electrons. The molecule has 0 aliphatic heterocycles. The van der Waals surface area contributed by atoms with Crippen LogP contribution in [0.25, 0.3) is 0 Å². The fraction of sp³-hybridized carbons (Fsp3) is 0.533. The quantitative estimate of drug-likeness (QED) is 0.618. The summed E-state index contributed by atoms with van der Waals surface area (Å²) in [5.74, 6) is 1.36. The van der Waals surface area contributed by atoms with Crippen molar-refractivity contribution in [1.29, 1.82) is 0 Å². The first-order valence-electron chi connectivity index (χ1n) is 6.67. The van der Waals surface area contributed by atoms with Crippen molar-refractivity contribution in [2.24, 2.45) is 4.99 Å². The molecular formula is C15H16ClNO2. The van der Waals surface area contributed by atoms with E-state index < -0.39 is 5.54 Å². The molecular weight excluding hydrogens is 262 g/mol. The van der Waals surface area contributed by atoms with Crippen molar-refractivity contribution in [2.75, 3.05) is 7.11 Å². The van der Waals surface area contributed by atoms with Crippen LogP contribution in [0.3, 0.4) is 0 Å². The van der Waals surface area contributed by atoms with Crippen molar-refractivity contribution in [3.8, 4) is 5.75 Å². The van der Waals surface area contributed by atoms with Gasteiger partial charge < -0.3 is 4.74 Å². The molecule has 2 saturated carbocycles. The molecule has 3 rings (SSSR count). The molecule has 19 heavy (non-hydrogen) atoms. The minimum Gasteiger partial charge on any atom is -0.496 e. The van der Waals surface area contributed by atoms with Gasteiger partial charge in [0.05, 0.1) is 12.6 Å². The van der Waals surface area contributed by atoms with Gasteiger partial charge in [-0.2, -0.15) is 4.99 Å². The van der Waals surface area contributed by atoms with Crippen LogP contribution < -0.4 is 4.74 Å². The van der Waals surface area contributed by atoms with E-state index >= 15 is 0 Å². The number of nitrogens with zero attached hydrogens (tertiary/aromatic N) is 1. The van der Waals surface area contributed by atoms with Gasteiger partial charge in [0.25, 0.3) is 0 Å². The minimum absolute atomic E-state index is 0.416. The topological polar surface area (TPSA) is 38.7 Å². The van der Waals surface area contributed by atoms with Crippen LogP contribution in [0.2, 0.25) is 5.02 Å². The summed E-state index contributed by atoms with van der Waals surface area (Å²) in [6, 6.07) is 3.96. The number of isocyanates is 1. The van der Waals surface area contributed by atoms with Crippen LogP contribution in [0.1, 0.15) is 49.1 Å². The Morgan fingerprint density at radius 3 is 2.63 bits per heavy atom. The predicted octanol–water partition coefficient (Wildman–Crippen LogP) is 3.94. The highest BCUT2D eigenvalue weighted by Gasteiger charge is 2.40. The second-order valence-electron chi connectivity index (χ2n) is 5.44. The lowest BCUT2D eigenvalue weighted by Crippen LogP contribution is -2.32. The fourth-order valence-electron chi connectivity index (χ4n) is 2.86. The summed E-state index contributed by atoms with van der Waals surface area (Å²) in [5.41, 5.74) is 1.67. The SMILES string of the molecule is COc1cc(C2(N=C=O)CCC2)cc(Cl)c1C1CC1. The van der Waals surface area contributed by atoms with Crippen molar-refractivity contribution in [2.45, 2.75) is 43.6 Å². The molecule has 3 nitrogen and oxygen atoms in total. The zero-order chi connectivity index (χ0) is 13.5. The van der Waals surface area contributed by atoms with Crippen LogP contribution in [-0.2, 0) is 10.3 Å². The third-order valence-corrected chi connectivity index (χ3v) is 4.59. The maximum absolute atomic E-state index is 10.7. The highest BCUT2D eigenvalue weighted by Crippen LogP contribution is 2.51. The molecule has 0 bridgehead atoms. The molecule has 1 aromatic carbocycles. The average molecular weight is 278 g/mol. The number of hydrogen-bond donors (Lipinski definition) is 0. The van der Waals surface area contributed by atoms with E-state index in [1.165, 1.54) is 12.8 Å². The molecule has 4 heteroatoms. The lowest BCUT2D eigenvalue weighted by atomic mass is 9.72. The molecule has 0 atom stereocenters. The van der Waals surface area contributed by atoms with Crippen molar-refractivity contribution in [3.63, 3.8) is 0 Å². The highest BCUT2D eigenvalue weighted by molar-refractivity contribution is 6.31. The summed E-state index contributed by atoms with van der Waals surface area (Å²) in [5, 5.41) is 0.740. The normalized spacial score (nSPS) is 20.3. The highest BCUT2D eigenvalue weighted by atomic mass is 35.5. The van der Waals surface area contributed by atoms with E-state index in [4.69, 9.17) is 16.3 Å². The number of carbonyl (C=O) groups excluding carboxylic acids is 1. The van der Waals surface area contributed by atoms with Gasteiger partial charge in [0, 0.05) is 10.6 Å². The van der Waals surface area contributed by atoms with Crippen LogP contribution in [0.15, 0.2) is 17.1 Å². The van der Waals surface area contributed by atoms with Gasteiger partial charge in [-0.25, -0.2) is 4.79 Å². The standard InChI is InChI=1S/C15H16ClNO2/c1-19-13-8-11(15(17-9-18)5-2-6-15)7-12(16)14(13)10-3-4-10/h7-8,10H,2-6H2,1H3. The van der Waals surface area contributed by atoms with Crippen LogP contribution in [0.5, 0.6) is 5.75 Å². The molecule has 0 heterocycles. The molecule has 0 spiro atoms. The number of benzene rings is 1. The van der Waals surface area contributed by atoms with E-state index in [1.54, 1.807) is 13.2 Å². The summed E-state index contributed by atoms with van der Waals surface area (Å²) in [6.45, 7) is 0. The number of ether oxygens (including phenoxy) is 1. The molecule has 100 valence electrons. The van der Waals surface area contributed by atoms with E-state index in [2.05, 4.69) is 4.99 Å². The summed E-state index contributed by atoms with van der Waals surface area (Å²) in [4.78, 5) is 14.7. The number of halogens is 1. The Labute approximate surface area is 117 Å². The van der Waals surface area contributed by atoms with Crippen molar-refractivity contribution < 1.29 is 9.53 Å². The van der Waals surface area contributed by atoms with E-state index in [1.807, 2.05) is 12.1 Å². The number of methoxy groups -OCH3 is 1. The van der Waals surface area contributed by atoms with Gasteiger partial charge in [-0.1, -0.05) is 11.6 Å². The molecule has 2 fully saturated rings. The second-order valence-corrected chi connectivity index (χ2v) is 5.84. The molecule has 0 N–H and O–H groups in total. The lowest BCUT2D eigenvalue weighted by Gasteiger charge is -2.37. The molecule has 2 aliphatic rings. The van der Waals surface area contributed by atoms with Gasteiger partial charge in [0.15, 0.2) is 0 Å². The molecule has 1 aromatic rings. The Morgan fingerprint density at radius 1 is 1.42 bits per heavy atom. The molecule has 0 aromatic heterocycles. The largest absolute Gasteiger partial charge is 0.496 e. The maximum atomic E-state index is 10.7. The Kier molecular flexibility index (Phi) is 3.12. The first-order valence-corrected chi connectivity index (χ1v) is 7.05. The minimum atomic E-state index is -0.416. The van der Waals surface area contributed by atoms with Crippen LogP contribution in [0.4, 0.5) is 0 Å². The van der Waals surface area contributed by atoms with Crippen molar-refractivity contribution in [1.82, 2.24) is 0 Å². The van der Waals surface area contributed by atoms with Gasteiger partial charge in [0.1, 0.15) is 5.75 Å². The first kappa shape index (κ1) is 12.7.